The van der Waals surface area contributed by atoms with Gasteiger partial charge in [0, 0.05) is 18.7 Å². The zero-order valence-electron chi connectivity index (χ0n) is 9.53. The Morgan fingerprint density at radius 1 is 1.50 bits per heavy atom. The molecular weight excluding hydrogens is 270 g/mol. The van der Waals surface area contributed by atoms with Crippen LogP contribution in [0.4, 0.5) is 5.82 Å². The van der Waals surface area contributed by atoms with Crippen molar-refractivity contribution in [1.82, 2.24) is 9.97 Å². The highest BCUT2D eigenvalue weighted by molar-refractivity contribution is 9.10. The van der Waals surface area contributed by atoms with Crippen LogP contribution in [0.3, 0.4) is 0 Å². The molecule has 0 bridgehead atoms. The maximum atomic E-state index is 5.67. The van der Waals surface area contributed by atoms with Crippen molar-refractivity contribution in [3.05, 3.63) is 17.0 Å². The lowest BCUT2D eigenvalue weighted by atomic mass is 9.94. The summed E-state index contributed by atoms with van der Waals surface area (Å²) in [5.74, 6) is 0.865. The van der Waals surface area contributed by atoms with Crippen LogP contribution in [0.15, 0.2) is 17.0 Å². The quantitative estimate of drug-likeness (QED) is 0.849. The number of halogens is 1. The van der Waals surface area contributed by atoms with Crippen molar-refractivity contribution in [2.24, 2.45) is 0 Å². The summed E-state index contributed by atoms with van der Waals surface area (Å²) >= 11 is 3.33. The fourth-order valence-electron chi connectivity index (χ4n) is 1.98. The van der Waals surface area contributed by atoms with Crippen molar-refractivity contribution in [1.29, 1.82) is 0 Å². The van der Waals surface area contributed by atoms with Gasteiger partial charge in [0.15, 0.2) is 0 Å². The third kappa shape index (κ3) is 3.15. The topological polar surface area (TPSA) is 47.0 Å². The van der Waals surface area contributed by atoms with Crippen molar-refractivity contribution < 1.29 is 4.74 Å². The molecule has 2 heterocycles. The summed E-state index contributed by atoms with van der Waals surface area (Å²) in [5, 5.41) is 3.42. The highest BCUT2D eigenvalue weighted by Gasteiger charge is 2.28. The standard InChI is InChI=1S/C11H16BrN3O/c1-11(2)6-8(3-4-16-11)15-10-5-9(12)13-7-14-10/h5,7-8H,3-4,6H2,1-2H3,(H,13,14,15). The van der Waals surface area contributed by atoms with E-state index in [9.17, 15) is 0 Å². The predicted octanol–water partition coefficient (Wildman–Crippen LogP) is 2.61. The van der Waals surface area contributed by atoms with Crippen LogP contribution in [0.5, 0.6) is 0 Å². The van der Waals surface area contributed by atoms with Gasteiger partial charge in [0.2, 0.25) is 0 Å². The van der Waals surface area contributed by atoms with E-state index in [4.69, 9.17) is 4.74 Å². The lowest BCUT2D eigenvalue weighted by molar-refractivity contribution is -0.0553. The second-order valence-electron chi connectivity index (χ2n) is 4.67. The van der Waals surface area contributed by atoms with Gasteiger partial charge in [-0.05, 0) is 42.6 Å². The summed E-state index contributed by atoms with van der Waals surface area (Å²) in [4.78, 5) is 8.19. The van der Waals surface area contributed by atoms with E-state index < -0.39 is 0 Å². The number of nitrogens with zero attached hydrogens (tertiary/aromatic N) is 2. The van der Waals surface area contributed by atoms with Gasteiger partial charge in [0.1, 0.15) is 16.7 Å². The highest BCUT2D eigenvalue weighted by atomic mass is 79.9. The van der Waals surface area contributed by atoms with E-state index in [2.05, 4.69) is 45.1 Å². The summed E-state index contributed by atoms with van der Waals surface area (Å²) < 4.78 is 6.48. The molecule has 4 nitrogen and oxygen atoms in total. The molecule has 0 saturated carbocycles. The molecule has 0 aromatic carbocycles. The molecule has 5 heteroatoms. The lowest BCUT2D eigenvalue weighted by Crippen LogP contribution is -2.40. The number of anilines is 1. The zero-order chi connectivity index (χ0) is 11.6. The van der Waals surface area contributed by atoms with Crippen molar-refractivity contribution in [3.63, 3.8) is 0 Å². The molecule has 1 atom stereocenters. The lowest BCUT2D eigenvalue weighted by Gasteiger charge is -2.36. The van der Waals surface area contributed by atoms with Crippen molar-refractivity contribution in [2.45, 2.75) is 38.3 Å². The fourth-order valence-corrected chi connectivity index (χ4v) is 2.29. The monoisotopic (exact) mass is 285 g/mol. The second-order valence-corrected chi connectivity index (χ2v) is 5.48. The number of nitrogens with one attached hydrogen (secondary N) is 1. The minimum atomic E-state index is -0.0415. The molecule has 1 aliphatic heterocycles. The Hall–Kier alpha value is -0.680. The van der Waals surface area contributed by atoms with Crippen LogP contribution in [-0.4, -0.2) is 28.2 Å². The Kier molecular flexibility index (Phi) is 3.44. The molecule has 0 aliphatic carbocycles. The molecule has 0 radical (unpaired) electrons. The van der Waals surface area contributed by atoms with Crippen LogP contribution in [0.1, 0.15) is 26.7 Å². The van der Waals surface area contributed by atoms with Crippen LogP contribution in [0, 0.1) is 0 Å². The predicted molar refractivity (Wildman–Crippen MR) is 66.4 cm³/mol. The molecule has 2 rings (SSSR count). The van der Waals surface area contributed by atoms with Gasteiger partial charge in [-0.3, -0.25) is 0 Å². The third-order valence-electron chi connectivity index (χ3n) is 2.68. The zero-order valence-corrected chi connectivity index (χ0v) is 11.1. The van der Waals surface area contributed by atoms with Gasteiger partial charge in [-0.2, -0.15) is 0 Å². The van der Waals surface area contributed by atoms with Crippen LogP contribution in [-0.2, 0) is 4.74 Å². The largest absolute Gasteiger partial charge is 0.375 e. The van der Waals surface area contributed by atoms with Gasteiger partial charge in [0.25, 0.3) is 0 Å². The summed E-state index contributed by atoms with van der Waals surface area (Å²) in [6, 6.07) is 2.31. The number of ether oxygens (including phenoxy) is 1. The molecule has 0 spiro atoms. The first-order chi connectivity index (χ1) is 7.55. The van der Waals surface area contributed by atoms with Gasteiger partial charge in [-0.25, -0.2) is 9.97 Å². The molecule has 1 saturated heterocycles. The van der Waals surface area contributed by atoms with E-state index in [1.54, 1.807) is 6.33 Å². The van der Waals surface area contributed by atoms with E-state index >= 15 is 0 Å². The van der Waals surface area contributed by atoms with Gasteiger partial charge in [-0.15, -0.1) is 0 Å². The van der Waals surface area contributed by atoms with Gasteiger partial charge in [0.05, 0.1) is 5.60 Å². The Bertz CT molecular complexity index is 370. The molecule has 1 unspecified atom stereocenters. The molecular formula is C11H16BrN3O. The SMILES string of the molecule is CC1(C)CC(Nc2cc(Br)ncn2)CCO1. The first-order valence-electron chi connectivity index (χ1n) is 5.43. The van der Waals surface area contributed by atoms with Gasteiger partial charge >= 0.3 is 0 Å². The van der Waals surface area contributed by atoms with E-state index in [0.717, 1.165) is 29.9 Å². The van der Waals surface area contributed by atoms with Crippen molar-refractivity contribution >= 4 is 21.7 Å². The molecule has 1 fully saturated rings. The van der Waals surface area contributed by atoms with Gasteiger partial charge in [-0.1, -0.05) is 0 Å². The first-order valence-corrected chi connectivity index (χ1v) is 6.22. The minimum absolute atomic E-state index is 0.0415. The molecule has 1 N–H and O–H groups in total. The maximum absolute atomic E-state index is 5.67. The van der Waals surface area contributed by atoms with E-state index in [0.29, 0.717) is 6.04 Å². The van der Waals surface area contributed by atoms with E-state index in [-0.39, 0.29) is 5.60 Å². The molecule has 0 amide bonds. The second kappa shape index (κ2) is 4.67. The number of hydrogen-bond acceptors (Lipinski definition) is 4. The van der Waals surface area contributed by atoms with Crippen LogP contribution >= 0.6 is 15.9 Å². The van der Waals surface area contributed by atoms with Crippen LogP contribution < -0.4 is 5.32 Å². The summed E-state index contributed by atoms with van der Waals surface area (Å²) in [7, 11) is 0. The smallest absolute Gasteiger partial charge is 0.130 e. The van der Waals surface area contributed by atoms with E-state index in [1.807, 2.05) is 6.07 Å². The van der Waals surface area contributed by atoms with Crippen LogP contribution in [0.2, 0.25) is 0 Å². The molecule has 1 aromatic heterocycles. The number of aromatic nitrogens is 2. The highest BCUT2D eigenvalue weighted by Crippen LogP contribution is 2.26. The fraction of sp³-hybridized carbons (Fsp3) is 0.636. The molecule has 88 valence electrons. The van der Waals surface area contributed by atoms with Crippen molar-refractivity contribution in [3.8, 4) is 0 Å². The maximum Gasteiger partial charge on any atom is 0.130 e. The molecule has 1 aliphatic rings. The normalized spacial score (nSPS) is 24.1. The Morgan fingerprint density at radius 2 is 2.31 bits per heavy atom. The summed E-state index contributed by atoms with van der Waals surface area (Å²) in [5.41, 5.74) is -0.0415. The van der Waals surface area contributed by atoms with Crippen LogP contribution in [0.25, 0.3) is 0 Å². The average Bonchev–Trinajstić information content (AvgIpc) is 2.15. The first kappa shape index (κ1) is 11.8. The average molecular weight is 286 g/mol. The molecule has 16 heavy (non-hydrogen) atoms. The molecule has 1 aromatic rings. The van der Waals surface area contributed by atoms with Gasteiger partial charge < -0.3 is 10.1 Å². The van der Waals surface area contributed by atoms with E-state index in [1.165, 1.54) is 0 Å². The summed E-state index contributed by atoms with van der Waals surface area (Å²) in [6.45, 7) is 5.05. The minimum Gasteiger partial charge on any atom is -0.375 e. The number of hydrogen-bond donors (Lipinski definition) is 1. The summed E-state index contributed by atoms with van der Waals surface area (Å²) in [6.07, 6.45) is 3.57. The Labute approximate surface area is 104 Å². The Morgan fingerprint density at radius 3 is 3.00 bits per heavy atom. The van der Waals surface area contributed by atoms with Crippen molar-refractivity contribution in [2.75, 3.05) is 11.9 Å². The Balaban J connectivity index is 1.99. The third-order valence-corrected chi connectivity index (χ3v) is 3.12. The number of rotatable bonds is 2.